The molecule has 0 saturated heterocycles. The lowest BCUT2D eigenvalue weighted by Crippen LogP contribution is -2.15. The average molecular weight is 143 g/mol. The van der Waals surface area contributed by atoms with Crippen molar-refractivity contribution in [2.24, 2.45) is 11.3 Å². The minimum atomic E-state index is 0.0692. The second kappa shape index (κ2) is 3.97. The van der Waals surface area contributed by atoms with Crippen LogP contribution in [0.3, 0.4) is 0 Å². The Balaban J connectivity index is 3.63. The van der Waals surface area contributed by atoms with Gasteiger partial charge in [-0.05, 0) is 24.2 Å². The van der Waals surface area contributed by atoms with Crippen LogP contribution >= 0.6 is 0 Å². The summed E-state index contributed by atoms with van der Waals surface area (Å²) < 4.78 is 0. The summed E-state index contributed by atoms with van der Waals surface area (Å²) in [4.78, 5) is 0. The Morgan fingerprint density at radius 1 is 1.30 bits per heavy atom. The van der Waals surface area contributed by atoms with E-state index in [4.69, 9.17) is 0 Å². The minimum absolute atomic E-state index is 0.0692. The van der Waals surface area contributed by atoms with E-state index in [9.17, 15) is 5.11 Å². The van der Waals surface area contributed by atoms with Crippen molar-refractivity contribution in [3.8, 4) is 0 Å². The first-order valence-corrected chi connectivity index (χ1v) is 4.06. The quantitative estimate of drug-likeness (QED) is 0.576. The molecule has 0 rings (SSSR count). The van der Waals surface area contributed by atoms with Crippen molar-refractivity contribution >= 4 is 0 Å². The molecule has 61 valence electrons. The van der Waals surface area contributed by atoms with Gasteiger partial charge in [0, 0.05) is 0 Å². The summed E-state index contributed by atoms with van der Waals surface area (Å²) in [6, 6.07) is 0. The maximum Gasteiger partial charge on any atom is 0.0827 e. The van der Waals surface area contributed by atoms with Crippen molar-refractivity contribution in [1.82, 2.24) is 0 Å². The van der Waals surface area contributed by atoms with Gasteiger partial charge in [-0.25, -0.2) is 5.11 Å². The van der Waals surface area contributed by atoms with Crippen LogP contribution in [0, 0.1) is 11.3 Å². The van der Waals surface area contributed by atoms with Gasteiger partial charge in [-0.2, -0.15) is 0 Å². The molecule has 0 aliphatic carbocycles. The molecule has 0 bridgehead atoms. The second-order valence-electron chi connectivity index (χ2n) is 4.22. The van der Waals surface area contributed by atoms with Gasteiger partial charge in [-0.15, -0.1) is 0 Å². The van der Waals surface area contributed by atoms with Gasteiger partial charge >= 0.3 is 0 Å². The summed E-state index contributed by atoms with van der Waals surface area (Å²) in [6.45, 7) is 8.81. The highest BCUT2D eigenvalue weighted by molar-refractivity contribution is 4.69. The SMILES string of the molecule is CC(C)CC(C)(C)CC[O]. The molecule has 0 atom stereocenters. The summed E-state index contributed by atoms with van der Waals surface area (Å²) in [5, 5.41) is 10.3. The van der Waals surface area contributed by atoms with E-state index in [1.807, 2.05) is 0 Å². The molecule has 0 aromatic heterocycles. The summed E-state index contributed by atoms with van der Waals surface area (Å²) in [5.41, 5.74) is 0.260. The van der Waals surface area contributed by atoms with Crippen molar-refractivity contribution in [3.63, 3.8) is 0 Å². The third-order valence-electron chi connectivity index (χ3n) is 1.74. The Morgan fingerprint density at radius 3 is 2.10 bits per heavy atom. The molecule has 0 amide bonds. The molecule has 1 nitrogen and oxygen atoms in total. The van der Waals surface area contributed by atoms with Crippen LogP contribution in [0.5, 0.6) is 0 Å². The summed E-state index contributed by atoms with van der Waals surface area (Å²) in [5.74, 6) is 0.710. The van der Waals surface area contributed by atoms with E-state index in [1.165, 1.54) is 0 Å². The van der Waals surface area contributed by atoms with Gasteiger partial charge in [-0.1, -0.05) is 27.7 Å². The fourth-order valence-electron chi connectivity index (χ4n) is 1.48. The predicted molar refractivity (Wildman–Crippen MR) is 43.4 cm³/mol. The Kier molecular flexibility index (Phi) is 3.95. The van der Waals surface area contributed by atoms with Gasteiger partial charge in [0.1, 0.15) is 0 Å². The highest BCUT2D eigenvalue weighted by Crippen LogP contribution is 2.28. The van der Waals surface area contributed by atoms with Crippen molar-refractivity contribution < 1.29 is 5.11 Å². The molecule has 0 aliphatic heterocycles. The standard InChI is InChI=1S/C9H19O/c1-8(2)7-9(3,4)5-6-10/h8H,5-7H2,1-4H3. The highest BCUT2D eigenvalue weighted by Gasteiger charge is 2.18. The van der Waals surface area contributed by atoms with E-state index in [1.54, 1.807) is 0 Å². The Labute approximate surface area is 64.5 Å². The summed E-state index contributed by atoms with van der Waals surface area (Å²) >= 11 is 0. The molecule has 10 heavy (non-hydrogen) atoms. The van der Waals surface area contributed by atoms with Crippen molar-refractivity contribution in [3.05, 3.63) is 0 Å². The lowest BCUT2D eigenvalue weighted by Gasteiger charge is -2.24. The van der Waals surface area contributed by atoms with E-state index in [2.05, 4.69) is 27.7 Å². The van der Waals surface area contributed by atoms with Gasteiger partial charge in [0.05, 0.1) is 6.61 Å². The summed E-state index contributed by atoms with van der Waals surface area (Å²) in [6.07, 6.45) is 1.97. The first-order valence-electron chi connectivity index (χ1n) is 4.06. The van der Waals surface area contributed by atoms with Gasteiger partial charge < -0.3 is 0 Å². The zero-order valence-corrected chi connectivity index (χ0v) is 7.61. The largest absolute Gasteiger partial charge is 0.237 e. The molecule has 0 unspecified atom stereocenters. The Morgan fingerprint density at radius 2 is 1.80 bits per heavy atom. The fraction of sp³-hybridized carbons (Fsp3) is 1.00. The van der Waals surface area contributed by atoms with Crippen LogP contribution in [0.2, 0.25) is 0 Å². The lowest BCUT2D eigenvalue weighted by molar-refractivity contribution is 0.132. The summed E-state index contributed by atoms with van der Waals surface area (Å²) in [7, 11) is 0. The molecule has 0 N–H and O–H groups in total. The van der Waals surface area contributed by atoms with Crippen LogP contribution in [0.25, 0.3) is 0 Å². The van der Waals surface area contributed by atoms with Crippen LogP contribution in [0.1, 0.15) is 40.5 Å². The van der Waals surface area contributed by atoms with Crippen LogP contribution < -0.4 is 0 Å². The van der Waals surface area contributed by atoms with E-state index in [0.717, 1.165) is 12.8 Å². The normalized spacial score (nSPS) is 12.6. The van der Waals surface area contributed by atoms with Crippen LogP contribution in [0.4, 0.5) is 0 Å². The van der Waals surface area contributed by atoms with E-state index < -0.39 is 0 Å². The number of hydrogen-bond donors (Lipinski definition) is 0. The first kappa shape index (κ1) is 9.96. The van der Waals surface area contributed by atoms with E-state index in [0.29, 0.717) is 5.92 Å². The third kappa shape index (κ3) is 4.80. The molecule has 0 saturated carbocycles. The molecule has 0 fully saturated rings. The van der Waals surface area contributed by atoms with Crippen LogP contribution in [0.15, 0.2) is 0 Å². The fourth-order valence-corrected chi connectivity index (χ4v) is 1.48. The molecule has 1 radical (unpaired) electrons. The Hall–Kier alpha value is -0.0400. The lowest BCUT2D eigenvalue weighted by atomic mass is 9.81. The van der Waals surface area contributed by atoms with Gasteiger partial charge in [-0.3, -0.25) is 0 Å². The molecule has 0 aromatic rings. The van der Waals surface area contributed by atoms with Crippen molar-refractivity contribution in [2.75, 3.05) is 6.61 Å². The van der Waals surface area contributed by atoms with Gasteiger partial charge in [0.2, 0.25) is 0 Å². The molecule has 0 heterocycles. The molecule has 1 heteroatoms. The molecule has 0 aliphatic rings. The van der Waals surface area contributed by atoms with Crippen LogP contribution in [-0.4, -0.2) is 6.61 Å². The zero-order chi connectivity index (χ0) is 8.20. The molecular weight excluding hydrogens is 124 g/mol. The van der Waals surface area contributed by atoms with E-state index in [-0.39, 0.29) is 12.0 Å². The predicted octanol–water partition coefficient (Wildman–Crippen LogP) is 2.88. The molecular formula is C9H19O. The monoisotopic (exact) mass is 143 g/mol. The minimum Gasteiger partial charge on any atom is -0.237 e. The highest BCUT2D eigenvalue weighted by atomic mass is 16.3. The van der Waals surface area contributed by atoms with E-state index >= 15 is 0 Å². The first-order chi connectivity index (χ1) is 4.48. The number of hydrogen-bond acceptors (Lipinski definition) is 0. The smallest absolute Gasteiger partial charge is 0.0827 e. The average Bonchev–Trinajstić information content (AvgIpc) is 1.59. The Bertz CT molecular complexity index is 84.7. The van der Waals surface area contributed by atoms with Crippen LogP contribution in [-0.2, 0) is 5.11 Å². The van der Waals surface area contributed by atoms with Crippen molar-refractivity contribution in [1.29, 1.82) is 0 Å². The van der Waals surface area contributed by atoms with Gasteiger partial charge in [0.25, 0.3) is 0 Å². The van der Waals surface area contributed by atoms with Crippen molar-refractivity contribution in [2.45, 2.75) is 40.5 Å². The zero-order valence-electron chi connectivity index (χ0n) is 7.61. The third-order valence-corrected chi connectivity index (χ3v) is 1.74. The van der Waals surface area contributed by atoms with Gasteiger partial charge in [0.15, 0.2) is 0 Å². The second-order valence-corrected chi connectivity index (χ2v) is 4.22. The maximum absolute atomic E-state index is 10.3. The topological polar surface area (TPSA) is 19.9 Å². The molecule has 0 spiro atoms. The maximum atomic E-state index is 10.3. The molecule has 0 aromatic carbocycles. The number of rotatable bonds is 4.